The number of nitrogens with one attached hydrogen (secondary N) is 1. The van der Waals surface area contributed by atoms with Crippen LogP contribution in [0, 0.1) is 12.8 Å². The van der Waals surface area contributed by atoms with Gasteiger partial charge in [0.05, 0.1) is 24.8 Å². The first-order valence-electron chi connectivity index (χ1n) is 9.40. The molecular weight excluding hydrogens is 332 g/mol. The highest BCUT2D eigenvalue weighted by atomic mass is 16.5. The second kappa shape index (κ2) is 6.83. The Morgan fingerprint density at radius 3 is 3.00 bits per heavy atom. The topological polar surface area (TPSA) is 86.9 Å². The van der Waals surface area contributed by atoms with Crippen LogP contribution in [0.4, 0.5) is 0 Å². The number of fused-ring (bicyclic) bond motifs is 1. The van der Waals surface area contributed by atoms with Crippen molar-refractivity contribution < 1.29 is 9.53 Å². The lowest BCUT2D eigenvalue weighted by atomic mass is 9.94. The molecule has 3 atom stereocenters. The molecule has 8 heteroatoms. The van der Waals surface area contributed by atoms with Crippen LogP contribution in [-0.2, 0) is 36.0 Å². The minimum Gasteiger partial charge on any atom is -0.373 e. The van der Waals surface area contributed by atoms with Gasteiger partial charge in [0.1, 0.15) is 5.82 Å². The lowest BCUT2D eigenvalue weighted by Gasteiger charge is -2.26. The fourth-order valence-corrected chi connectivity index (χ4v) is 3.90. The quantitative estimate of drug-likeness (QED) is 0.884. The first kappa shape index (κ1) is 17.2. The number of carbonyl (C=O) groups excluding carboxylic acids is 1. The van der Waals surface area contributed by atoms with Crippen LogP contribution >= 0.6 is 0 Å². The zero-order valence-corrected chi connectivity index (χ0v) is 15.6. The van der Waals surface area contributed by atoms with Gasteiger partial charge in [-0.3, -0.25) is 9.48 Å². The SMILES string of the molecule is CCc1nc2n(n1)CC(NC(=O)[C@H]1CCO[C@@H]1c1cnn(C)c1C)CC2. The molecular formula is C18H26N6O2. The van der Waals surface area contributed by atoms with Gasteiger partial charge in [0.25, 0.3) is 0 Å². The Hall–Kier alpha value is -2.22. The van der Waals surface area contributed by atoms with Gasteiger partial charge in [0.2, 0.25) is 5.91 Å². The molecule has 0 radical (unpaired) electrons. The van der Waals surface area contributed by atoms with Crippen LogP contribution in [0.25, 0.3) is 0 Å². The molecule has 4 heterocycles. The molecule has 2 aliphatic rings. The Morgan fingerprint density at radius 2 is 2.27 bits per heavy atom. The molecule has 2 aromatic rings. The van der Waals surface area contributed by atoms with Crippen molar-refractivity contribution in [1.82, 2.24) is 29.9 Å². The van der Waals surface area contributed by atoms with Crippen LogP contribution in [0.1, 0.15) is 48.8 Å². The van der Waals surface area contributed by atoms with Gasteiger partial charge in [-0.25, -0.2) is 9.67 Å². The highest BCUT2D eigenvalue weighted by Gasteiger charge is 2.38. The minimum atomic E-state index is -0.207. The van der Waals surface area contributed by atoms with E-state index < -0.39 is 0 Å². The largest absolute Gasteiger partial charge is 0.373 e. The van der Waals surface area contributed by atoms with Crippen molar-refractivity contribution in [3.05, 3.63) is 29.1 Å². The number of amides is 1. The normalized spacial score (nSPS) is 25.3. The smallest absolute Gasteiger partial charge is 0.226 e. The third-order valence-corrected chi connectivity index (χ3v) is 5.57. The summed E-state index contributed by atoms with van der Waals surface area (Å²) in [6.45, 7) is 5.37. The first-order valence-corrected chi connectivity index (χ1v) is 9.40. The van der Waals surface area contributed by atoms with E-state index in [2.05, 4.69) is 27.4 Å². The standard InChI is InChI=1S/C18H26N6O2/c1-4-15-21-16-6-5-12(10-24(16)22-15)20-18(25)13-7-8-26-17(13)14-9-19-23(3)11(14)2/h9,12-13,17H,4-8,10H2,1-3H3,(H,20,25)/t12?,13-,17-/m0/s1. The molecule has 0 saturated carbocycles. The Morgan fingerprint density at radius 1 is 1.42 bits per heavy atom. The van der Waals surface area contributed by atoms with Gasteiger partial charge in [-0.05, 0) is 19.8 Å². The average molecular weight is 358 g/mol. The van der Waals surface area contributed by atoms with Crippen molar-refractivity contribution >= 4 is 5.91 Å². The second-order valence-electron chi connectivity index (χ2n) is 7.22. The van der Waals surface area contributed by atoms with Crippen molar-refractivity contribution in [3.63, 3.8) is 0 Å². The van der Waals surface area contributed by atoms with Gasteiger partial charge in [-0.1, -0.05) is 6.92 Å². The summed E-state index contributed by atoms with van der Waals surface area (Å²) in [5.74, 6) is 1.81. The zero-order valence-electron chi connectivity index (χ0n) is 15.6. The van der Waals surface area contributed by atoms with Crippen LogP contribution in [0.2, 0.25) is 0 Å². The summed E-state index contributed by atoms with van der Waals surface area (Å²) in [5, 5.41) is 12.0. The number of carbonyl (C=O) groups is 1. The predicted molar refractivity (Wildman–Crippen MR) is 94.4 cm³/mol. The highest BCUT2D eigenvalue weighted by Crippen LogP contribution is 2.36. The summed E-state index contributed by atoms with van der Waals surface area (Å²) in [6, 6.07) is 0.0950. The van der Waals surface area contributed by atoms with Crippen molar-refractivity contribution in [2.75, 3.05) is 6.61 Å². The second-order valence-corrected chi connectivity index (χ2v) is 7.22. The number of aryl methyl sites for hydroxylation is 3. The van der Waals surface area contributed by atoms with Gasteiger partial charge in [-0.2, -0.15) is 10.2 Å². The third kappa shape index (κ3) is 3.02. The van der Waals surface area contributed by atoms with Gasteiger partial charge >= 0.3 is 0 Å². The molecule has 0 aromatic carbocycles. The maximum Gasteiger partial charge on any atom is 0.226 e. The maximum absolute atomic E-state index is 12.9. The van der Waals surface area contributed by atoms with Crippen LogP contribution in [0.3, 0.4) is 0 Å². The molecule has 4 rings (SSSR count). The van der Waals surface area contributed by atoms with Crippen LogP contribution < -0.4 is 5.32 Å². The van der Waals surface area contributed by atoms with E-state index in [-0.39, 0.29) is 24.0 Å². The Balaban J connectivity index is 1.44. The van der Waals surface area contributed by atoms with Crippen LogP contribution in [0.5, 0.6) is 0 Å². The maximum atomic E-state index is 12.9. The molecule has 1 fully saturated rings. The first-order chi connectivity index (χ1) is 12.6. The molecule has 0 bridgehead atoms. The molecule has 8 nitrogen and oxygen atoms in total. The van der Waals surface area contributed by atoms with E-state index in [9.17, 15) is 4.79 Å². The lowest BCUT2D eigenvalue weighted by Crippen LogP contribution is -2.44. The summed E-state index contributed by atoms with van der Waals surface area (Å²) in [6.07, 6.45) is 4.94. The van der Waals surface area contributed by atoms with E-state index >= 15 is 0 Å². The van der Waals surface area contributed by atoms with E-state index in [1.165, 1.54) is 0 Å². The molecule has 0 aliphatic carbocycles. The molecule has 140 valence electrons. The van der Waals surface area contributed by atoms with Crippen molar-refractivity contribution in [2.45, 2.75) is 58.2 Å². The fraction of sp³-hybridized carbons (Fsp3) is 0.667. The van der Waals surface area contributed by atoms with Gasteiger partial charge in [0, 0.05) is 43.8 Å². The van der Waals surface area contributed by atoms with Gasteiger partial charge in [0.15, 0.2) is 5.82 Å². The van der Waals surface area contributed by atoms with E-state index in [0.717, 1.165) is 48.6 Å². The highest BCUT2D eigenvalue weighted by molar-refractivity contribution is 5.80. The number of ether oxygens (including phenoxy) is 1. The minimum absolute atomic E-state index is 0.0695. The average Bonchev–Trinajstić information content (AvgIpc) is 3.33. The molecule has 1 unspecified atom stereocenters. The summed E-state index contributed by atoms with van der Waals surface area (Å²) in [7, 11) is 1.91. The molecule has 2 aliphatic heterocycles. The molecule has 1 saturated heterocycles. The van der Waals surface area contributed by atoms with E-state index in [1.807, 2.05) is 29.5 Å². The zero-order chi connectivity index (χ0) is 18.3. The third-order valence-electron chi connectivity index (χ3n) is 5.57. The van der Waals surface area contributed by atoms with E-state index in [0.29, 0.717) is 13.2 Å². The Labute approximate surface area is 152 Å². The number of nitrogens with zero attached hydrogens (tertiary/aromatic N) is 5. The molecule has 2 aromatic heterocycles. The summed E-state index contributed by atoms with van der Waals surface area (Å²) in [5.41, 5.74) is 2.06. The van der Waals surface area contributed by atoms with E-state index in [4.69, 9.17) is 4.74 Å². The molecule has 1 amide bonds. The summed E-state index contributed by atoms with van der Waals surface area (Å²) >= 11 is 0. The Bertz CT molecular complexity index is 811. The van der Waals surface area contributed by atoms with Gasteiger partial charge < -0.3 is 10.1 Å². The van der Waals surface area contributed by atoms with Crippen LogP contribution in [-0.4, -0.2) is 43.1 Å². The van der Waals surface area contributed by atoms with Crippen molar-refractivity contribution in [2.24, 2.45) is 13.0 Å². The van der Waals surface area contributed by atoms with Crippen molar-refractivity contribution in [1.29, 1.82) is 0 Å². The van der Waals surface area contributed by atoms with Crippen molar-refractivity contribution in [3.8, 4) is 0 Å². The lowest BCUT2D eigenvalue weighted by molar-refractivity contribution is -0.127. The molecule has 26 heavy (non-hydrogen) atoms. The number of hydrogen-bond acceptors (Lipinski definition) is 5. The predicted octanol–water partition coefficient (Wildman–Crippen LogP) is 1.09. The van der Waals surface area contributed by atoms with Gasteiger partial charge in [-0.15, -0.1) is 0 Å². The number of aromatic nitrogens is 5. The monoisotopic (exact) mass is 358 g/mol. The number of rotatable bonds is 4. The number of hydrogen-bond donors (Lipinski definition) is 1. The summed E-state index contributed by atoms with van der Waals surface area (Å²) < 4.78 is 9.66. The molecule has 1 N–H and O–H groups in total. The summed E-state index contributed by atoms with van der Waals surface area (Å²) in [4.78, 5) is 17.5. The van der Waals surface area contributed by atoms with E-state index in [1.54, 1.807) is 0 Å². The Kier molecular flexibility index (Phi) is 4.52. The fourth-order valence-electron chi connectivity index (χ4n) is 3.90. The van der Waals surface area contributed by atoms with Crippen LogP contribution in [0.15, 0.2) is 6.20 Å². The molecule has 0 spiro atoms.